The summed E-state index contributed by atoms with van der Waals surface area (Å²) in [6.07, 6.45) is 5.86. The summed E-state index contributed by atoms with van der Waals surface area (Å²) in [4.78, 5) is 21.9. The number of benzene rings is 3. The summed E-state index contributed by atoms with van der Waals surface area (Å²) < 4.78 is 20.8. The van der Waals surface area contributed by atoms with Gasteiger partial charge in [-0.2, -0.15) is 0 Å². The van der Waals surface area contributed by atoms with E-state index in [9.17, 15) is 0 Å². The second-order valence-corrected chi connectivity index (χ2v) is 22.8. The van der Waals surface area contributed by atoms with Crippen LogP contribution in [-0.2, 0) is 32.5 Å². The number of hydrogen-bond donors (Lipinski definition) is 0. The van der Waals surface area contributed by atoms with Gasteiger partial charge in [-0.15, -0.1) is 11.3 Å². The molecule has 0 amide bonds. The summed E-state index contributed by atoms with van der Waals surface area (Å²) in [5.41, 5.74) is 12.2. The molecule has 0 unspecified atom stereocenters. The largest absolute Gasteiger partial charge is 0.435 e. The third-order valence-corrected chi connectivity index (χ3v) is 16.5. The van der Waals surface area contributed by atoms with E-state index in [4.69, 9.17) is 33.2 Å². The Morgan fingerprint density at radius 2 is 0.694 bits per heavy atom. The maximum Gasteiger partial charge on any atom is 0.256 e. The molecule has 0 saturated carbocycles. The van der Waals surface area contributed by atoms with Crippen LogP contribution in [0.25, 0.3) is 66.6 Å². The average molecular weight is 857 g/mol. The molecule has 0 atom stereocenters. The minimum absolute atomic E-state index is 0.0257. The van der Waals surface area contributed by atoms with Gasteiger partial charge >= 0.3 is 0 Å². The molecule has 8 heteroatoms. The zero-order valence-electron chi connectivity index (χ0n) is 41.1. The van der Waals surface area contributed by atoms with Crippen molar-refractivity contribution in [1.29, 1.82) is 0 Å². The van der Waals surface area contributed by atoms with Gasteiger partial charge < -0.3 is 13.3 Å². The van der Waals surface area contributed by atoms with Crippen LogP contribution in [0.5, 0.6) is 0 Å². The van der Waals surface area contributed by atoms with Crippen molar-refractivity contribution in [2.45, 2.75) is 196 Å². The molecule has 7 aromatic rings. The van der Waals surface area contributed by atoms with Crippen LogP contribution in [0.2, 0.25) is 0 Å². The van der Waals surface area contributed by atoms with Gasteiger partial charge in [0.2, 0.25) is 11.8 Å². The second-order valence-electron chi connectivity index (χ2n) is 21.8. The Morgan fingerprint density at radius 1 is 0.387 bits per heavy atom. The lowest BCUT2D eigenvalue weighted by Gasteiger charge is -2.28. The highest BCUT2D eigenvalue weighted by atomic mass is 32.1. The third-order valence-electron chi connectivity index (χ3n) is 15.5. The average Bonchev–Trinajstić information content (AvgIpc) is 4.06. The number of fused-ring (bicyclic) bond motifs is 3. The van der Waals surface area contributed by atoms with Gasteiger partial charge in [0, 0.05) is 16.7 Å². The Morgan fingerprint density at radius 3 is 1.05 bits per heavy atom. The summed E-state index contributed by atoms with van der Waals surface area (Å²) in [6.45, 7) is 41.0. The molecule has 3 aromatic carbocycles. The van der Waals surface area contributed by atoms with Crippen LogP contribution in [0.1, 0.15) is 197 Å². The number of aromatic nitrogens is 4. The van der Waals surface area contributed by atoms with E-state index in [0.717, 1.165) is 93.4 Å². The lowest BCUT2D eigenvalue weighted by atomic mass is 9.76. The molecule has 0 bridgehead atoms. The van der Waals surface area contributed by atoms with Crippen LogP contribution in [0, 0.1) is 0 Å². The normalized spacial score (nSPS) is 13.7. The first kappa shape index (κ1) is 45.7. The molecule has 4 heterocycles. The molecule has 0 aliphatic rings. The molecule has 0 aliphatic heterocycles. The molecule has 0 spiro atoms. The summed E-state index contributed by atoms with van der Waals surface area (Å²) in [5.74, 6) is 1.37. The molecular formula is C54H72N4O3S. The third kappa shape index (κ3) is 7.85. The highest BCUT2D eigenvalue weighted by Gasteiger charge is 2.35. The van der Waals surface area contributed by atoms with Gasteiger partial charge in [-0.25, -0.2) is 19.9 Å². The fraction of sp³-hybridized carbons (Fsp3) is 0.556. The zero-order chi connectivity index (χ0) is 45.5. The van der Waals surface area contributed by atoms with Crippen molar-refractivity contribution in [2.24, 2.45) is 0 Å². The van der Waals surface area contributed by atoms with E-state index < -0.39 is 0 Å². The Labute approximate surface area is 374 Å². The van der Waals surface area contributed by atoms with Crippen molar-refractivity contribution in [1.82, 2.24) is 19.9 Å². The molecular weight excluding hydrogens is 785 g/mol. The fourth-order valence-electron chi connectivity index (χ4n) is 7.95. The number of rotatable bonds is 15. The predicted molar refractivity (Wildman–Crippen MR) is 261 cm³/mol. The van der Waals surface area contributed by atoms with Gasteiger partial charge in [-0.05, 0) is 106 Å². The van der Waals surface area contributed by atoms with Crippen LogP contribution < -0.4 is 0 Å². The van der Waals surface area contributed by atoms with Crippen LogP contribution in [-0.4, -0.2) is 19.9 Å². The Bertz CT molecular complexity index is 2650. The maximum atomic E-state index is 6.98. The topological polar surface area (TPSA) is 91.0 Å². The number of hydrogen-bond acceptors (Lipinski definition) is 8. The number of nitrogens with zero attached hydrogens (tertiary/aromatic N) is 4. The number of oxazole rings is 3. The van der Waals surface area contributed by atoms with Crippen LogP contribution in [0.15, 0.2) is 49.6 Å². The van der Waals surface area contributed by atoms with Crippen molar-refractivity contribution < 1.29 is 13.3 Å². The Kier molecular flexibility index (Phi) is 11.6. The Balaban J connectivity index is 1.54. The number of thiazole rings is 1. The van der Waals surface area contributed by atoms with Gasteiger partial charge in [0.05, 0.1) is 0 Å². The van der Waals surface area contributed by atoms with E-state index in [0.29, 0.717) is 28.4 Å². The van der Waals surface area contributed by atoms with Crippen molar-refractivity contribution in [3.05, 3.63) is 69.8 Å². The highest BCUT2D eigenvalue weighted by molar-refractivity contribution is 7.18. The van der Waals surface area contributed by atoms with Gasteiger partial charge in [-0.3, -0.25) is 0 Å². The van der Waals surface area contributed by atoms with Gasteiger partial charge in [0.1, 0.15) is 21.4 Å². The van der Waals surface area contributed by atoms with Crippen molar-refractivity contribution >= 4 is 44.6 Å². The maximum absolute atomic E-state index is 6.98. The molecule has 332 valence electrons. The van der Waals surface area contributed by atoms with Crippen LogP contribution in [0.4, 0.5) is 0 Å². The highest BCUT2D eigenvalue weighted by Crippen LogP contribution is 2.47. The minimum Gasteiger partial charge on any atom is -0.435 e. The van der Waals surface area contributed by atoms with E-state index in [1.807, 2.05) is 0 Å². The van der Waals surface area contributed by atoms with E-state index in [-0.39, 0.29) is 32.5 Å². The molecule has 4 aromatic heterocycles. The first-order chi connectivity index (χ1) is 28.9. The molecule has 7 rings (SSSR count). The van der Waals surface area contributed by atoms with Gasteiger partial charge in [0.25, 0.3) is 5.89 Å². The van der Waals surface area contributed by atoms with Crippen LogP contribution in [0.3, 0.4) is 0 Å². The van der Waals surface area contributed by atoms with Crippen molar-refractivity contribution in [2.75, 3.05) is 0 Å². The first-order valence-electron chi connectivity index (χ1n) is 23.2. The summed E-state index contributed by atoms with van der Waals surface area (Å²) in [6, 6.07) is 13.6. The molecule has 0 aliphatic carbocycles. The Hall–Kier alpha value is -4.30. The van der Waals surface area contributed by atoms with Gasteiger partial charge in [0.15, 0.2) is 27.5 Å². The van der Waals surface area contributed by atoms with Crippen molar-refractivity contribution in [3.8, 4) is 33.3 Å². The van der Waals surface area contributed by atoms with Crippen molar-refractivity contribution in [3.63, 3.8) is 0 Å². The monoisotopic (exact) mass is 857 g/mol. The SMILES string of the molecule is CCC(C)(C)c1cc(C(C)(C)CC)c2oc(-c3nc(-c4nc5cc(C(C)(C)CC)cc(C(C)(C)CC)c5o4)c(-c4nc5cc(C(C)(C)CC)cc(C(C)(C)CC)c5o4)s3)nc2c1. The lowest BCUT2D eigenvalue weighted by Crippen LogP contribution is -2.20. The molecule has 7 nitrogen and oxygen atoms in total. The molecule has 0 fully saturated rings. The summed E-state index contributed by atoms with van der Waals surface area (Å²) >= 11 is 1.47. The van der Waals surface area contributed by atoms with E-state index >= 15 is 0 Å². The van der Waals surface area contributed by atoms with Crippen LogP contribution >= 0.6 is 11.3 Å². The zero-order valence-corrected chi connectivity index (χ0v) is 41.9. The van der Waals surface area contributed by atoms with E-state index in [2.05, 4.69) is 161 Å². The molecule has 0 radical (unpaired) electrons. The molecule has 0 N–H and O–H groups in total. The minimum atomic E-state index is -0.148. The van der Waals surface area contributed by atoms with E-state index in [1.54, 1.807) is 0 Å². The summed E-state index contributed by atoms with van der Waals surface area (Å²) in [5, 5.41) is 0.621. The van der Waals surface area contributed by atoms with E-state index in [1.165, 1.54) is 28.0 Å². The predicted octanol–water partition coefficient (Wildman–Crippen LogP) is 16.7. The molecule has 62 heavy (non-hydrogen) atoms. The quantitative estimate of drug-likeness (QED) is 0.101. The fourth-order valence-corrected chi connectivity index (χ4v) is 8.86. The van der Waals surface area contributed by atoms with Gasteiger partial charge in [-0.1, -0.05) is 143 Å². The lowest BCUT2D eigenvalue weighted by molar-refractivity contribution is 0.483. The smallest absolute Gasteiger partial charge is 0.256 e. The standard InChI is InChI=1S/C54H72N4O3S/c1-19-49(7,8)31-25-34(52(13,14)22-4)41-37(28-31)55-45(59-41)40-44(46-56-38-29-32(50(9,10)20-2)26-35(42(38)60-46)53(15,16)23-5)62-48(58-40)47-57-39-30-33(51(11,12)21-3)27-36(43(39)61-47)54(17,18)24-6/h25-30H,19-24H2,1-18H3. The summed E-state index contributed by atoms with van der Waals surface area (Å²) in [7, 11) is 0. The first-order valence-corrected chi connectivity index (χ1v) is 24.1. The second kappa shape index (κ2) is 15.7. The molecule has 0 saturated heterocycles.